The predicted octanol–water partition coefficient (Wildman–Crippen LogP) is 4.69. The summed E-state index contributed by atoms with van der Waals surface area (Å²) in [5, 5.41) is 15.2. The van der Waals surface area contributed by atoms with Crippen LogP contribution in [0.5, 0.6) is 0 Å². The molecule has 0 bridgehead atoms. The number of hydrogen-bond acceptors (Lipinski definition) is 3. The van der Waals surface area contributed by atoms with Gasteiger partial charge >= 0.3 is 5.97 Å². The molecule has 0 aliphatic rings. The van der Waals surface area contributed by atoms with E-state index < -0.39 is 5.97 Å². The zero-order valence-corrected chi connectivity index (χ0v) is 14.2. The molecule has 0 aliphatic carbocycles. The van der Waals surface area contributed by atoms with Crippen molar-refractivity contribution in [1.82, 2.24) is 0 Å². The molecular weight excluding hydrogens is 328 g/mol. The van der Waals surface area contributed by atoms with Crippen molar-refractivity contribution in [2.45, 2.75) is 6.92 Å². The molecule has 1 amide bonds. The van der Waals surface area contributed by atoms with Gasteiger partial charge in [0.1, 0.15) is 0 Å². The number of aryl methyl sites for hydroxylation is 1. The Morgan fingerprint density at radius 1 is 0.808 bits per heavy atom. The Morgan fingerprint density at radius 3 is 2.27 bits per heavy atom. The molecule has 0 atom stereocenters. The van der Waals surface area contributed by atoms with Gasteiger partial charge in [0.2, 0.25) is 0 Å². The van der Waals surface area contributed by atoms with Crippen molar-refractivity contribution in [3.63, 3.8) is 0 Å². The van der Waals surface area contributed by atoms with Crippen LogP contribution >= 0.6 is 0 Å². The molecule has 5 heteroatoms. The maximum atomic E-state index is 12.4. The van der Waals surface area contributed by atoms with Gasteiger partial charge in [-0.15, -0.1) is 0 Å². The number of aromatic carboxylic acids is 1. The van der Waals surface area contributed by atoms with Crippen LogP contribution in [0.1, 0.15) is 26.3 Å². The first-order valence-corrected chi connectivity index (χ1v) is 8.10. The summed E-state index contributed by atoms with van der Waals surface area (Å²) >= 11 is 0. The second-order valence-electron chi connectivity index (χ2n) is 5.88. The van der Waals surface area contributed by atoms with Crippen LogP contribution in [0.15, 0.2) is 72.8 Å². The number of anilines is 3. The van der Waals surface area contributed by atoms with E-state index in [0.29, 0.717) is 22.6 Å². The van der Waals surface area contributed by atoms with Crippen molar-refractivity contribution < 1.29 is 14.7 Å². The highest BCUT2D eigenvalue weighted by molar-refractivity contribution is 6.06. The van der Waals surface area contributed by atoms with Crippen LogP contribution in [0.4, 0.5) is 17.1 Å². The molecular formula is C21H18N2O3. The lowest BCUT2D eigenvalue weighted by molar-refractivity contribution is 0.0696. The Balaban J connectivity index is 1.88. The van der Waals surface area contributed by atoms with E-state index >= 15 is 0 Å². The molecule has 5 nitrogen and oxygen atoms in total. The van der Waals surface area contributed by atoms with Gasteiger partial charge in [-0.25, -0.2) is 4.79 Å². The second-order valence-corrected chi connectivity index (χ2v) is 5.88. The standard InChI is InChI=1S/C21H18N2O3/c1-14-10-11-18(23-20(24)15-6-3-2-4-7-15)19(12-14)22-17-9-5-8-16(13-17)21(25)26/h2-13,22H,1H3,(H,23,24)(H,25,26). The van der Waals surface area contributed by atoms with Crippen LogP contribution in [-0.4, -0.2) is 17.0 Å². The predicted molar refractivity (Wildman–Crippen MR) is 102 cm³/mol. The molecule has 130 valence electrons. The summed E-state index contributed by atoms with van der Waals surface area (Å²) in [6.07, 6.45) is 0. The van der Waals surface area contributed by atoms with E-state index in [9.17, 15) is 9.59 Å². The first-order chi connectivity index (χ1) is 12.5. The molecule has 0 heterocycles. The lowest BCUT2D eigenvalue weighted by atomic mass is 10.1. The summed E-state index contributed by atoms with van der Waals surface area (Å²) in [5.74, 6) is -1.20. The molecule has 0 radical (unpaired) electrons. The van der Waals surface area contributed by atoms with Gasteiger partial charge < -0.3 is 15.7 Å². The van der Waals surface area contributed by atoms with Gasteiger partial charge in [0, 0.05) is 11.3 Å². The topological polar surface area (TPSA) is 78.4 Å². The normalized spacial score (nSPS) is 10.2. The highest BCUT2D eigenvalue weighted by atomic mass is 16.4. The van der Waals surface area contributed by atoms with Crippen LogP contribution in [0.3, 0.4) is 0 Å². The Labute approximate surface area is 151 Å². The van der Waals surface area contributed by atoms with Crippen LogP contribution in [0.2, 0.25) is 0 Å². The summed E-state index contributed by atoms with van der Waals surface area (Å²) in [5.41, 5.74) is 3.71. The molecule has 26 heavy (non-hydrogen) atoms. The molecule has 3 rings (SSSR count). The second kappa shape index (κ2) is 7.53. The molecule has 0 aliphatic heterocycles. The Hall–Kier alpha value is -3.60. The monoisotopic (exact) mass is 346 g/mol. The lowest BCUT2D eigenvalue weighted by Gasteiger charge is -2.14. The first-order valence-electron chi connectivity index (χ1n) is 8.10. The van der Waals surface area contributed by atoms with Crippen molar-refractivity contribution in [3.05, 3.63) is 89.5 Å². The minimum Gasteiger partial charge on any atom is -0.478 e. The minimum absolute atomic E-state index is 0.192. The summed E-state index contributed by atoms with van der Waals surface area (Å²) in [6.45, 7) is 1.95. The fraction of sp³-hybridized carbons (Fsp3) is 0.0476. The average Bonchev–Trinajstić information content (AvgIpc) is 2.65. The van der Waals surface area contributed by atoms with E-state index in [0.717, 1.165) is 5.56 Å². The molecule has 0 fully saturated rings. The van der Waals surface area contributed by atoms with E-state index in [4.69, 9.17) is 5.11 Å². The molecule has 3 aromatic rings. The Kier molecular flexibility index (Phi) is 4.99. The van der Waals surface area contributed by atoms with Crippen molar-refractivity contribution in [2.24, 2.45) is 0 Å². The van der Waals surface area contributed by atoms with Crippen LogP contribution in [0.25, 0.3) is 0 Å². The van der Waals surface area contributed by atoms with Crippen molar-refractivity contribution >= 4 is 28.9 Å². The van der Waals surface area contributed by atoms with E-state index in [1.807, 2.05) is 31.2 Å². The summed E-state index contributed by atoms with van der Waals surface area (Å²) in [4.78, 5) is 23.6. The third-order valence-corrected chi connectivity index (χ3v) is 3.85. The van der Waals surface area contributed by atoms with E-state index in [1.165, 1.54) is 6.07 Å². The van der Waals surface area contributed by atoms with Crippen molar-refractivity contribution in [2.75, 3.05) is 10.6 Å². The molecule has 3 N–H and O–H groups in total. The number of carboxylic acid groups (broad SMARTS) is 1. The zero-order valence-electron chi connectivity index (χ0n) is 14.2. The smallest absolute Gasteiger partial charge is 0.335 e. The molecule has 0 aromatic heterocycles. The number of rotatable bonds is 5. The van der Waals surface area contributed by atoms with Gasteiger partial charge in [0.15, 0.2) is 0 Å². The van der Waals surface area contributed by atoms with E-state index in [1.54, 1.807) is 42.5 Å². The summed E-state index contributed by atoms with van der Waals surface area (Å²) in [7, 11) is 0. The first kappa shape index (κ1) is 17.2. The Bertz CT molecular complexity index is 952. The number of carbonyl (C=O) groups excluding carboxylic acids is 1. The molecule has 0 spiro atoms. The third-order valence-electron chi connectivity index (χ3n) is 3.85. The van der Waals surface area contributed by atoms with Crippen LogP contribution in [-0.2, 0) is 0 Å². The fourth-order valence-corrected chi connectivity index (χ4v) is 2.54. The molecule has 0 unspecified atom stereocenters. The van der Waals surface area contributed by atoms with Gasteiger partial charge in [0.25, 0.3) is 5.91 Å². The number of carbonyl (C=O) groups is 2. The quantitative estimate of drug-likeness (QED) is 0.626. The number of hydrogen-bond donors (Lipinski definition) is 3. The summed E-state index contributed by atoms with van der Waals surface area (Å²) < 4.78 is 0. The maximum absolute atomic E-state index is 12.4. The van der Waals surface area contributed by atoms with Gasteiger partial charge in [-0.1, -0.05) is 30.3 Å². The zero-order chi connectivity index (χ0) is 18.5. The van der Waals surface area contributed by atoms with Crippen LogP contribution < -0.4 is 10.6 Å². The van der Waals surface area contributed by atoms with Crippen molar-refractivity contribution in [1.29, 1.82) is 0 Å². The SMILES string of the molecule is Cc1ccc(NC(=O)c2ccccc2)c(Nc2cccc(C(=O)O)c2)c1. The molecule has 0 saturated carbocycles. The van der Waals surface area contributed by atoms with Crippen LogP contribution in [0, 0.1) is 6.92 Å². The fourth-order valence-electron chi connectivity index (χ4n) is 2.54. The minimum atomic E-state index is -0.990. The highest BCUT2D eigenvalue weighted by Crippen LogP contribution is 2.27. The lowest BCUT2D eigenvalue weighted by Crippen LogP contribution is -2.13. The van der Waals surface area contributed by atoms with Gasteiger partial charge in [-0.3, -0.25) is 4.79 Å². The average molecular weight is 346 g/mol. The number of nitrogens with one attached hydrogen (secondary N) is 2. The van der Waals surface area contributed by atoms with Crippen molar-refractivity contribution in [3.8, 4) is 0 Å². The number of benzene rings is 3. The third kappa shape index (κ3) is 4.08. The maximum Gasteiger partial charge on any atom is 0.335 e. The number of carboxylic acids is 1. The highest BCUT2D eigenvalue weighted by Gasteiger charge is 2.10. The van der Waals surface area contributed by atoms with Gasteiger partial charge in [-0.2, -0.15) is 0 Å². The van der Waals surface area contributed by atoms with Gasteiger partial charge in [0.05, 0.1) is 16.9 Å². The molecule has 3 aromatic carbocycles. The van der Waals surface area contributed by atoms with E-state index in [-0.39, 0.29) is 11.5 Å². The number of amides is 1. The Morgan fingerprint density at radius 2 is 1.54 bits per heavy atom. The summed E-state index contributed by atoms with van der Waals surface area (Å²) in [6, 6.07) is 21.1. The van der Waals surface area contributed by atoms with Gasteiger partial charge in [-0.05, 0) is 55.0 Å². The molecule has 0 saturated heterocycles. The van der Waals surface area contributed by atoms with E-state index in [2.05, 4.69) is 10.6 Å². The largest absolute Gasteiger partial charge is 0.478 e.